The molecule has 1 atom stereocenters. The highest BCUT2D eigenvalue weighted by Crippen LogP contribution is 2.26. The molecule has 9 nitrogen and oxygen atoms in total. The molecule has 0 aliphatic carbocycles. The Morgan fingerprint density at radius 2 is 1.94 bits per heavy atom. The second-order valence-corrected chi connectivity index (χ2v) is 10.6. The van der Waals surface area contributed by atoms with Crippen LogP contribution < -0.4 is 9.64 Å². The van der Waals surface area contributed by atoms with Crippen molar-refractivity contribution in [3.8, 4) is 5.75 Å². The lowest BCUT2D eigenvalue weighted by Crippen LogP contribution is -2.42. The number of thioether (sulfide) groups is 1. The summed E-state index contributed by atoms with van der Waals surface area (Å²) in [7, 11) is -1.52. The highest BCUT2D eigenvalue weighted by atomic mass is 32.2. The average Bonchev–Trinajstić information content (AvgIpc) is 3.39. The Labute approximate surface area is 190 Å². The van der Waals surface area contributed by atoms with Gasteiger partial charge in [-0.15, -0.1) is 5.10 Å². The largest absolute Gasteiger partial charge is 0.497 e. The van der Waals surface area contributed by atoms with Crippen LogP contribution in [0.5, 0.6) is 5.75 Å². The number of tetrazole rings is 1. The van der Waals surface area contributed by atoms with E-state index in [1.54, 1.807) is 16.7 Å². The van der Waals surface area contributed by atoms with Gasteiger partial charge in [-0.05, 0) is 46.7 Å². The predicted molar refractivity (Wildman–Crippen MR) is 122 cm³/mol. The van der Waals surface area contributed by atoms with Crippen LogP contribution in [0.15, 0.2) is 59.8 Å². The topological polar surface area (TPSA) is 107 Å². The first-order chi connectivity index (χ1) is 15.4. The molecular formula is C21H23N5O4S2. The zero-order valence-electron chi connectivity index (χ0n) is 17.5. The van der Waals surface area contributed by atoms with Crippen LogP contribution in [0.4, 0.5) is 5.69 Å². The number of nitrogens with zero attached hydrogens (tertiary/aromatic N) is 5. The molecule has 1 fully saturated rings. The highest BCUT2D eigenvalue weighted by Gasteiger charge is 2.35. The Bertz CT molecular complexity index is 1170. The van der Waals surface area contributed by atoms with E-state index >= 15 is 0 Å². The smallest absolute Gasteiger partial charge is 0.237 e. The van der Waals surface area contributed by atoms with Crippen LogP contribution in [0, 0.1) is 0 Å². The summed E-state index contributed by atoms with van der Waals surface area (Å²) in [4.78, 5) is 14.8. The van der Waals surface area contributed by atoms with Gasteiger partial charge in [-0.25, -0.2) is 13.1 Å². The van der Waals surface area contributed by atoms with Crippen LogP contribution >= 0.6 is 11.8 Å². The van der Waals surface area contributed by atoms with Crippen molar-refractivity contribution >= 4 is 33.2 Å². The molecule has 3 aromatic rings. The minimum atomic E-state index is -3.13. The lowest BCUT2D eigenvalue weighted by molar-refractivity contribution is -0.116. The Balaban J connectivity index is 1.46. The highest BCUT2D eigenvalue weighted by molar-refractivity contribution is 7.99. The molecule has 0 spiro atoms. The first kappa shape index (κ1) is 22.3. The summed E-state index contributed by atoms with van der Waals surface area (Å²) in [6.07, 6.45) is 0.433. The summed E-state index contributed by atoms with van der Waals surface area (Å²) >= 11 is 1.23. The van der Waals surface area contributed by atoms with Gasteiger partial charge in [-0.3, -0.25) is 4.79 Å². The third-order valence-corrected chi connectivity index (χ3v) is 7.88. The van der Waals surface area contributed by atoms with Crippen molar-refractivity contribution in [3.63, 3.8) is 0 Å². The molecule has 11 heteroatoms. The van der Waals surface area contributed by atoms with Gasteiger partial charge in [-0.2, -0.15) is 0 Å². The van der Waals surface area contributed by atoms with E-state index < -0.39 is 9.84 Å². The first-order valence-electron chi connectivity index (χ1n) is 10.0. The number of para-hydroxylation sites is 1. The van der Waals surface area contributed by atoms with Gasteiger partial charge in [0.25, 0.3) is 0 Å². The molecule has 32 heavy (non-hydrogen) atoms. The van der Waals surface area contributed by atoms with Gasteiger partial charge < -0.3 is 9.64 Å². The predicted octanol–water partition coefficient (Wildman–Crippen LogP) is 2.04. The number of hydrogen-bond acceptors (Lipinski definition) is 8. The van der Waals surface area contributed by atoms with E-state index in [1.807, 2.05) is 54.6 Å². The molecule has 4 rings (SSSR count). The maximum Gasteiger partial charge on any atom is 0.237 e. The molecule has 0 radical (unpaired) electrons. The summed E-state index contributed by atoms with van der Waals surface area (Å²) in [5, 5.41) is 12.3. The maximum absolute atomic E-state index is 13.2. The van der Waals surface area contributed by atoms with E-state index in [-0.39, 0.29) is 29.2 Å². The summed E-state index contributed by atoms with van der Waals surface area (Å²) in [5.74, 6) is 0.756. The molecule has 2 heterocycles. The fourth-order valence-corrected chi connectivity index (χ4v) is 6.06. The number of sulfone groups is 1. The SMILES string of the molecule is COc1ccc(Cn2nnnc2SCC(=O)N(c2ccccc2)[C@H]2CCS(=O)(=O)C2)cc1. The molecular weight excluding hydrogens is 450 g/mol. The molecule has 0 unspecified atom stereocenters. The van der Waals surface area contributed by atoms with E-state index in [0.717, 1.165) is 11.3 Å². The number of carbonyl (C=O) groups excluding carboxylic acids is 1. The molecule has 2 aromatic carbocycles. The van der Waals surface area contributed by atoms with Crippen LogP contribution in [0.3, 0.4) is 0 Å². The monoisotopic (exact) mass is 473 g/mol. The van der Waals surface area contributed by atoms with Crippen LogP contribution in [-0.4, -0.2) is 64.9 Å². The van der Waals surface area contributed by atoms with Crippen LogP contribution in [0.2, 0.25) is 0 Å². The fraction of sp³-hybridized carbons (Fsp3) is 0.333. The number of carbonyl (C=O) groups is 1. The number of ether oxygens (including phenoxy) is 1. The van der Waals surface area contributed by atoms with Crippen molar-refractivity contribution in [3.05, 3.63) is 60.2 Å². The lowest BCUT2D eigenvalue weighted by atomic mass is 10.2. The van der Waals surface area contributed by atoms with Crippen LogP contribution in [0.1, 0.15) is 12.0 Å². The molecule has 0 bridgehead atoms. The van der Waals surface area contributed by atoms with Crippen molar-refractivity contribution in [2.75, 3.05) is 29.3 Å². The van der Waals surface area contributed by atoms with Crippen molar-refractivity contribution in [2.24, 2.45) is 0 Å². The van der Waals surface area contributed by atoms with E-state index in [0.29, 0.717) is 23.8 Å². The second-order valence-electron chi connectivity index (χ2n) is 7.41. The van der Waals surface area contributed by atoms with Gasteiger partial charge in [0.2, 0.25) is 11.1 Å². The minimum absolute atomic E-state index is 0.0203. The number of hydrogen-bond donors (Lipinski definition) is 0. The summed E-state index contributed by atoms with van der Waals surface area (Å²) in [6, 6.07) is 16.4. The van der Waals surface area contributed by atoms with E-state index in [1.165, 1.54) is 11.8 Å². The normalized spacial score (nSPS) is 17.2. The van der Waals surface area contributed by atoms with E-state index in [2.05, 4.69) is 15.5 Å². The second kappa shape index (κ2) is 9.70. The maximum atomic E-state index is 13.2. The molecule has 1 aliphatic rings. The van der Waals surface area contributed by atoms with Gasteiger partial charge in [0, 0.05) is 5.69 Å². The Kier molecular flexibility index (Phi) is 6.75. The first-order valence-corrected chi connectivity index (χ1v) is 12.9. The van der Waals surface area contributed by atoms with Crippen molar-refractivity contribution in [1.29, 1.82) is 0 Å². The van der Waals surface area contributed by atoms with Gasteiger partial charge >= 0.3 is 0 Å². The zero-order chi connectivity index (χ0) is 22.6. The molecule has 168 valence electrons. The van der Waals surface area contributed by atoms with Gasteiger partial charge in [0.05, 0.1) is 37.0 Å². The number of aromatic nitrogens is 4. The van der Waals surface area contributed by atoms with Gasteiger partial charge in [-0.1, -0.05) is 42.1 Å². The minimum Gasteiger partial charge on any atom is -0.497 e. The Hall–Kier alpha value is -2.92. The molecule has 1 amide bonds. The Morgan fingerprint density at radius 3 is 2.59 bits per heavy atom. The van der Waals surface area contributed by atoms with Gasteiger partial charge in [0.1, 0.15) is 5.75 Å². The molecule has 1 aromatic heterocycles. The Morgan fingerprint density at radius 1 is 1.19 bits per heavy atom. The van der Waals surface area contributed by atoms with E-state index in [4.69, 9.17) is 4.74 Å². The molecule has 1 saturated heterocycles. The number of amides is 1. The molecule has 0 saturated carbocycles. The van der Waals surface area contributed by atoms with Crippen LogP contribution in [-0.2, 0) is 21.2 Å². The van der Waals surface area contributed by atoms with Crippen LogP contribution in [0.25, 0.3) is 0 Å². The summed E-state index contributed by atoms with van der Waals surface area (Å²) < 4.78 is 30.9. The molecule has 0 N–H and O–H groups in total. The number of anilines is 1. The fourth-order valence-electron chi connectivity index (χ4n) is 3.62. The summed E-state index contributed by atoms with van der Waals surface area (Å²) in [5.41, 5.74) is 1.69. The molecule has 1 aliphatic heterocycles. The average molecular weight is 474 g/mol. The standard InChI is InChI=1S/C21H23N5O4S2/c1-30-19-9-7-16(8-10-19)13-25-21(22-23-24-25)31-14-20(27)26(17-5-3-2-4-6-17)18-11-12-32(28,29)15-18/h2-10,18H,11-15H2,1H3/t18-/m0/s1. The van der Waals surface area contributed by atoms with Crippen molar-refractivity contribution < 1.29 is 17.9 Å². The number of rotatable bonds is 8. The van der Waals surface area contributed by atoms with E-state index in [9.17, 15) is 13.2 Å². The zero-order valence-corrected chi connectivity index (χ0v) is 19.1. The quantitative estimate of drug-likeness (QED) is 0.458. The third-order valence-electron chi connectivity index (χ3n) is 5.19. The van der Waals surface area contributed by atoms with Crippen molar-refractivity contribution in [1.82, 2.24) is 20.2 Å². The number of benzene rings is 2. The lowest BCUT2D eigenvalue weighted by Gasteiger charge is -2.28. The summed E-state index contributed by atoms with van der Waals surface area (Å²) in [6.45, 7) is 0.455. The third kappa shape index (κ3) is 5.28. The number of methoxy groups -OCH3 is 1. The van der Waals surface area contributed by atoms with Crippen molar-refractivity contribution in [2.45, 2.75) is 24.2 Å². The van der Waals surface area contributed by atoms with Gasteiger partial charge in [0.15, 0.2) is 9.84 Å².